The van der Waals surface area contributed by atoms with Gasteiger partial charge in [-0.1, -0.05) is 11.6 Å². The van der Waals surface area contributed by atoms with E-state index in [2.05, 4.69) is 15.5 Å². The lowest BCUT2D eigenvalue weighted by Crippen LogP contribution is -2.34. The van der Waals surface area contributed by atoms with Gasteiger partial charge in [0.2, 0.25) is 17.6 Å². The van der Waals surface area contributed by atoms with Gasteiger partial charge in [0.05, 0.1) is 0 Å². The molecule has 3 N–H and O–H groups in total. The third-order valence-electron chi connectivity index (χ3n) is 4.99. The molecular formula is C19H25ClN4O3. The van der Waals surface area contributed by atoms with E-state index in [4.69, 9.17) is 15.0 Å². The van der Waals surface area contributed by atoms with Crippen molar-refractivity contribution >= 4 is 24.0 Å². The Morgan fingerprint density at radius 3 is 2.70 bits per heavy atom. The average molecular weight is 393 g/mol. The molecule has 2 aromatic rings. The largest absolute Gasteiger partial charge is 0.485 e. The van der Waals surface area contributed by atoms with Crippen LogP contribution in [0.2, 0.25) is 0 Å². The van der Waals surface area contributed by atoms with Gasteiger partial charge in [0.25, 0.3) is 0 Å². The zero-order chi connectivity index (χ0) is 17.9. The van der Waals surface area contributed by atoms with Crippen molar-refractivity contribution in [2.24, 2.45) is 11.7 Å². The summed E-state index contributed by atoms with van der Waals surface area (Å²) in [5.74, 6) is 2.46. The molecule has 7 nitrogen and oxygen atoms in total. The predicted molar refractivity (Wildman–Crippen MR) is 103 cm³/mol. The van der Waals surface area contributed by atoms with Crippen molar-refractivity contribution in [3.63, 3.8) is 0 Å². The lowest BCUT2D eigenvalue weighted by molar-refractivity contribution is -0.120. The van der Waals surface area contributed by atoms with E-state index < -0.39 is 0 Å². The number of nitrogens with zero attached hydrogens (tertiary/aromatic N) is 2. The second-order valence-corrected chi connectivity index (χ2v) is 7.25. The van der Waals surface area contributed by atoms with E-state index in [0.29, 0.717) is 23.4 Å². The monoisotopic (exact) mass is 392 g/mol. The van der Waals surface area contributed by atoms with E-state index in [0.717, 1.165) is 44.2 Å². The van der Waals surface area contributed by atoms with Crippen LogP contribution in [0.15, 0.2) is 28.8 Å². The molecule has 0 saturated heterocycles. The number of hydrogen-bond acceptors (Lipinski definition) is 6. The Bertz CT molecular complexity index is 761. The van der Waals surface area contributed by atoms with Crippen molar-refractivity contribution < 1.29 is 14.1 Å². The van der Waals surface area contributed by atoms with Crippen LogP contribution in [0, 0.1) is 5.92 Å². The molecule has 2 aliphatic carbocycles. The molecular weight excluding hydrogens is 368 g/mol. The molecule has 2 saturated carbocycles. The van der Waals surface area contributed by atoms with Gasteiger partial charge in [-0.15, -0.1) is 12.4 Å². The zero-order valence-corrected chi connectivity index (χ0v) is 15.9. The van der Waals surface area contributed by atoms with Gasteiger partial charge >= 0.3 is 0 Å². The van der Waals surface area contributed by atoms with Crippen molar-refractivity contribution in [2.75, 3.05) is 5.32 Å². The van der Waals surface area contributed by atoms with E-state index in [1.807, 2.05) is 24.3 Å². The standard InChI is InChI=1S/C19H24N4O3.ClH/c20-14-3-1-2-13(10-14)18(24)21-15-6-8-16(9-7-15)25-11-17-22-19(26-23-17)12-4-5-12;/h6-9,12-14H,1-5,10-11,20H2,(H,21,24);1H. The summed E-state index contributed by atoms with van der Waals surface area (Å²) < 4.78 is 10.9. The summed E-state index contributed by atoms with van der Waals surface area (Å²) in [5, 5.41) is 6.90. The molecule has 1 aromatic carbocycles. The van der Waals surface area contributed by atoms with Gasteiger partial charge in [0, 0.05) is 23.6 Å². The molecule has 1 amide bonds. The lowest BCUT2D eigenvalue weighted by Gasteiger charge is -2.25. The topological polar surface area (TPSA) is 103 Å². The molecule has 2 fully saturated rings. The van der Waals surface area contributed by atoms with E-state index >= 15 is 0 Å². The molecule has 0 radical (unpaired) electrons. The van der Waals surface area contributed by atoms with Crippen molar-refractivity contribution in [1.29, 1.82) is 0 Å². The lowest BCUT2D eigenvalue weighted by atomic mass is 9.85. The third-order valence-corrected chi connectivity index (χ3v) is 4.99. The van der Waals surface area contributed by atoms with Crippen LogP contribution in [-0.2, 0) is 11.4 Å². The highest BCUT2D eigenvalue weighted by atomic mass is 35.5. The number of ether oxygens (including phenoxy) is 1. The smallest absolute Gasteiger partial charge is 0.229 e. The molecule has 146 valence electrons. The molecule has 0 aliphatic heterocycles. The Morgan fingerprint density at radius 2 is 2.00 bits per heavy atom. The summed E-state index contributed by atoms with van der Waals surface area (Å²) in [4.78, 5) is 16.7. The predicted octanol–water partition coefficient (Wildman–Crippen LogP) is 3.40. The van der Waals surface area contributed by atoms with Gasteiger partial charge in [-0.3, -0.25) is 4.79 Å². The van der Waals surface area contributed by atoms with Crippen LogP contribution in [0.5, 0.6) is 5.75 Å². The third kappa shape index (κ3) is 5.20. The fourth-order valence-electron chi connectivity index (χ4n) is 3.31. The van der Waals surface area contributed by atoms with Crippen LogP contribution >= 0.6 is 12.4 Å². The first-order valence-corrected chi connectivity index (χ1v) is 9.29. The zero-order valence-electron chi connectivity index (χ0n) is 15.1. The summed E-state index contributed by atoms with van der Waals surface area (Å²) in [5.41, 5.74) is 6.73. The molecule has 0 bridgehead atoms. The van der Waals surface area contributed by atoms with Gasteiger partial charge in [0.15, 0.2) is 6.61 Å². The number of aromatic nitrogens is 2. The molecule has 4 rings (SSSR count). The summed E-state index contributed by atoms with van der Waals surface area (Å²) in [6, 6.07) is 7.46. The van der Waals surface area contributed by atoms with Crippen LogP contribution in [0.1, 0.15) is 56.2 Å². The number of halogens is 1. The van der Waals surface area contributed by atoms with Gasteiger partial charge in [-0.25, -0.2) is 0 Å². The number of nitrogens with one attached hydrogen (secondary N) is 1. The highest BCUT2D eigenvalue weighted by Gasteiger charge is 2.29. The van der Waals surface area contributed by atoms with E-state index in [1.54, 1.807) is 0 Å². The van der Waals surface area contributed by atoms with E-state index in [9.17, 15) is 4.79 Å². The summed E-state index contributed by atoms with van der Waals surface area (Å²) >= 11 is 0. The van der Waals surface area contributed by atoms with Gasteiger partial charge in [-0.2, -0.15) is 4.98 Å². The highest BCUT2D eigenvalue weighted by molar-refractivity contribution is 5.92. The number of anilines is 1. The summed E-state index contributed by atoms with van der Waals surface area (Å²) in [6.45, 7) is 0.266. The van der Waals surface area contributed by atoms with E-state index in [-0.39, 0.29) is 36.9 Å². The molecule has 2 unspecified atom stereocenters. The Hall–Kier alpha value is -2.12. The van der Waals surface area contributed by atoms with Crippen molar-refractivity contribution in [2.45, 2.75) is 57.1 Å². The second-order valence-electron chi connectivity index (χ2n) is 7.25. The first kappa shape index (κ1) is 19.6. The number of hydrogen-bond donors (Lipinski definition) is 2. The second kappa shape index (κ2) is 8.71. The number of benzene rings is 1. The maximum atomic E-state index is 12.3. The summed E-state index contributed by atoms with van der Waals surface area (Å²) in [6.07, 6.45) is 5.96. The molecule has 27 heavy (non-hydrogen) atoms. The fraction of sp³-hybridized carbons (Fsp3) is 0.526. The van der Waals surface area contributed by atoms with Crippen LogP contribution in [0.3, 0.4) is 0 Å². The fourth-order valence-corrected chi connectivity index (χ4v) is 3.31. The van der Waals surface area contributed by atoms with E-state index in [1.165, 1.54) is 0 Å². The first-order chi connectivity index (χ1) is 12.7. The first-order valence-electron chi connectivity index (χ1n) is 9.29. The Kier molecular flexibility index (Phi) is 6.34. The molecule has 1 aromatic heterocycles. The van der Waals surface area contributed by atoms with Crippen LogP contribution in [0.25, 0.3) is 0 Å². The maximum Gasteiger partial charge on any atom is 0.229 e. The molecule has 8 heteroatoms. The molecule has 0 spiro atoms. The minimum Gasteiger partial charge on any atom is -0.485 e. The van der Waals surface area contributed by atoms with Crippen molar-refractivity contribution in [3.05, 3.63) is 36.0 Å². The maximum absolute atomic E-state index is 12.3. The van der Waals surface area contributed by atoms with Crippen LogP contribution in [-0.4, -0.2) is 22.1 Å². The summed E-state index contributed by atoms with van der Waals surface area (Å²) in [7, 11) is 0. The Balaban J connectivity index is 0.00000210. The Morgan fingerprint density at radius 1 is 1.22 bits per heavy atom. The van der Waals surface area contributed by atoms with Gasteiger partial charge in [-0.05, 0) is 56.4 Å². The minimum absolute atomic E-state index is 0. The average Bonchev–Trinajstić information content (AvgIpc) is 3.39. The minimum atomic E-state index is 0. The normalized spacial score (nSPS) is 22.0. The van der Waals surface area contributed by atoms with Crippen LogP contribution < -0.4 is 15.8 Å². The van der Waals surface area contributed by atoms with Crippen molar-refractivity contribution in [3.8, 4) is 5.75 Å². The number of carbonyl (C=O) groups excluding carboxylic acids is 1. The number of carbonyl (C=O) groups is 1. The number of amides is 1. The Labute approximate surface area is 164 Å². The SMILES string of the molecule is Cl.NC1CCCC(C(=O)Nc2ccc(OCc3noc(C4CC4)n3)cc2)C1. The molecule has 2 aliphatic rings. The molecule has 1 heterocycles. The van der Waals surface area contributed by atoms with Gasteiger partial charge < -0.3 is 20.3 Å². The number of nitrogens with two attached hydrogens (primary N) is 1. The van der Waals surface area contributed by atoms with Gasteiger partial charge in [0.1, 0.15) is 5.75 Å². The van der Waals surface area contributed by atoms with Crippen molar-refractivity contribution in [1.82, 2.24) is 10.1 Å². The van der Waals surface area contributed by atoms with Crippen LogP contribution in [0.4, 0.5) is 5.69 Å². The number of rotatable bonds is 6. The highest BCUT2D eigenvalue weighted by Crippen LogP contribution is 2.38. The molecule has 2 atom stereocenters. The quantitative estimate of drug-likeness (QED) is 0.780.